The molecule has 1 heterocycles. The maximum absolute atomic E-state index is 5.06. The lowest BCUT2D eigenvalue weighted by atomic mass is 10.2. The predicted molar refractivity (Wildman–Crippen MR) is 59.6 cm³/mol. The van der Waals surface area contributed by atoms with Gasteiger partial charge in [-0.1, -0.05) is 0 Å². The molecular formula is C11H24N2O. The van der Waals surface area contributed by atoms with Crippen LogP contribution < -0.4 is 5.32 Å². The Morgan fingerprint density at radius 2 is 2.36 bits per heavy atom. The van der Waals surface area contributed by atoms with E-state index in [0.29, 0.717) is 6.04 Å². The molecule has 3 nitrogen and oxygen atoms in total. The quantitative estimate of drug-likeness (QED) is 0.695. The zero-order valence-corrected chi connectivity index (χ0v) is 9.75. The van der Waals surface area contributed by atoms with Gasteiger partial charge in [-0.05, 0) is 39.8 Å². The Hall–Kier alpha value is -0.120. The van der Waals surface area contributed by atoms with Gasteiger partial charge in [0.2, 0.25) is 0 Å². The summed E-state index contributed by atoms with van der Waals surface area (Å²) in [6.07, 6.45) is 3.81. The molecule has 0 bridgehead atoms. The Labute approximate surface area is 87.8 Å². The van der Waals surface area contributed by atoms with E-state index in [0.717, 1.165) is 25.6 Å². The summed E-state index contributed by atoms with van der Waals surface area (Å²) in [6.45, 7) is 5.48. The lowest BCUT2D eigenvalue weighted by Gasteiger charge is -2.22. The highest BCUT2D eigenvalue weighted by Gasteiger charge is 2.20. The number of nitrogens with zero attached hydrogens (tertiary/aromatic N) is 1. The minimum absolute atomic E-state index is 0.573. The average molecular weight is 200 g/mol. The van der Waals surface area contributed by atoms with Gasteiger partial charge in [-0.3, -0.25) is 0 Å². The number of methoxy groups -OCH3 is 1. The molecule has 0 amide bonds. The van der Waals surface area contributed by atoms with Crippen molar-refractivity contribution in [3.8, 4) is 0 Å². The van der Waals surface area contributed by atoms with Crippen molar-refractivity contribution in [1.29, 1.82) is 0 Å². The Balaban J connectivity index is 2.07. The topological polar surface area (TPSA) is 24.5 Å². The first-order chi connectivity index (χ1) is 6.74. The highest BCUT2D eigenvalue weighted by Crippen LogP contribution is 2.13. The van der Waals surface area contributed by atoms with Gasteiger partial charge in [-0.15, -0.1) is 0 Å². The second-order valence-corrected chi connectivity index (χ2v) is 4.37. The molecule has 3 heteroatoms. The smallest absolute Gasteiger partial charge is 0.0476 e. The maximum Gasteiger partial charge on any atom is 0.0476 e. The van der Waals surface area contributed by atoms with Gasteiger partial charge in [-0.25, -0.2) is 0 Å². The van der Waals surface area contributed by atoms with Gasteiger partial charge in [0.05, 0.1) is 0 Å². The summed E-state index contributed by atoms with van der Waals surface area (Å²) in [5.41, 5.74) is 0. The van der Waals surface area contributed by atoms with E-state index in [1.807, 2.05) is 0 Å². The summed E-state index contributed by atoms with van der Waals surface area (Å²) in [6, 6.07) is 1.32. The van der Waals surface area contributed by atoms with Crippen LogP contribution >= 0.6 is 0 Å². The second kappa shape index (κ2) is 6.38. The number of hydrogen-bond acceptors (Lipinski definition) is 3. The summed E-state index contributed by atoms with van der Waals surface area (Å²) < 4.78 is 5.06. The fourth-order valence-electron chi connectivity index (χ4n) is 1.97. The molecule has 84 valence electrons. The normalized spacial score (nSPS) is 25.5. The predicted octanol–water partition coefficient (Wildman–Crippen LogP) is 1.10. The number of hydrogen-bond donors (Lipinski definition) is 1. The van der Waals surface area contributed by atoms with Crippen molar-refractivity contribution in [2.24, 2.45) is 0 Å². The standard InChI is InChI=1S/C11H24N2O/c1-10(6-8-14-3)12-9-11-5-4-7-13(11)2/h10-12H,4-9H2,1-3H3. The third-order valence-corrected chi connectivity index (χ3v) is 3.13. The number of likely N-dealkylation sites (N-methyl/N-ethyl adjacent to an activating group) is 1. The van der Waals surface area contributed by atoms with E-state index in [-0.39, 0.29) is 0 Å². The molecule has 0 spiro atoms. The summed E-state index contributed by atoms with van der Waals surface area (Å²) >= 11 is 0. The van der Waals surface area contributed by atoms with Crippen LogP contribution in [0.4, 0.5) is 0 Å². The highest BCUT2D eigenvalue weighted by molar-refractivity contribution is 4.79. The largest absolute Gasteiger partial charge is 0.385 e. The Kier molecular flexibility index (Phi) is 5.45. The second-order valence-electron chi connectivity index (χ2n) is 4.37. The molecule has 1 fully saturated rings. The summed E-state index contributed by atoms with van der Waals surface area (Å²) in [4.78, 5) is 2.45. The first kappa shape index (κ1) is 12.0. The summed E-state index contributed by atoms with van der Waals surface area (Å²) in [5, 5.41) is 3.57. The van der Waals surface area contributed by atoms with Crippen LogP contribution in [0.2, 0.25) is 0 Å². The van der Waals surface area contributed by atoms with Gasteiger partial charge >= 0.3 is 0 Å². The van der Waals surface area contributed by atoms with Crippen LogP contribution in [-0.2, 0) is 4.74 Å². The van der Waals surface area contributed by atoms with Crippen molar-refractivity contribution < 1.29 is 4.74 Å². The van der Waals surface area contributed by atoms with E-state index in [9.17, 15) is 0 Å². The molecule has 1 aliphatic heterocycles. The first-order valence-electron chi connectivity index (χ1n) is 5.66. The van der Waals surface area contributed by atoms with Crippen LogP contribution in [-0.4, -0.2) is 50.8 Å². The number of nitrogens with one attached hydrogen (secondary N) is 1. The third-order valence-electron chi connectivity index (χ3n) is 3.13. The van der Waals surface area contributed by atoms with Gasteiger partial charge in [0.1, 0.15) is 0 Å². The molecule has 0 saturated carbocycles. The van der Waals surface area contributed by atoms with E-state index >= 15 is 0 Å². The monoisotopic (exact) mass is 200 g/mol. The van der Waals surface area contributed by atoms with Crippen LogP contribution in [0.5, 0.6) is 0 Å². The minimum Gasteiger partial charge on any atom is -0.385 e. The molecule has 1 saturated heterocycles. The number of likely N-dealkylation sites (tertiary alicyclic amines) is 1. The maximum atomic E-state index is 5.06. The molecule has 0 aromatic heterocycles. The van der Waals surface area contributed by atoms with E-state index < -0.39 is 0 Å². The van der Waals surface area contributed by atoms with Gasteiger partial charge in [0, 0.05) is 32.3 Å². The molecule has 2 unspecified atom stereocenters. The average Bonchev–Trinajstić information content (AvgIpc) is 2.58. The Morgan fingerprint density at radius 1 is 1.57 bits per heavy atom. The van der Waals surface area contributed by atoms with Crippen LogP contribution in [0.1, 0.15) is 26.2 Å². The lowest BCUT2D eigenvalue weighted by Crippen LogP contribution is -2.39. The third kappa shape index (κ3) is 3.95. The number of ether oxygens (including phenoxy) is 1. The van der Waals surface area contributed by atoms with Gasteiger partial charge in [0.25, 0.3) is 0 Å². The van der Waals surface area contributed by atoms with Crippen molar-refractivity contribution in [3.05, 3.63) is 0 Å². The van der Waals surface area contributed by atoms with Crippen LogP contribution in [0.25, 0.3) is 0 Å². The molecular weight excluding hydrogens is 176 g/mol. The molecule has 0 radical (unpaired) electrons. The zero-order valence-electron chi connectivity index (χ0n) is 9.75. The molecule has 0 aliphatic carbocycles. The van der Waals surface area contributed by atoms with Crippen molar-refractivity contribution in [2.45, 2.75) is 38.3 Å². The summed E-state index contributed by atoms with van der Waals surface area (Å²) in [7, 11) is 3.98. The van der Waals surface area contributed by atoms with Gasteiger partial charge in [0.15, 0.2) is 0 Å². The molecule has 0 aromatic rings. The molecule has 1 aliphatic rings. The van der Waals surface area contributed by atoms with Crippen molar-refractivity contribution in [3.63, 3.8) is 0 Å². The van der Waals surface area contributed by atoms with E-state index in [1.165, 1.54) is 19.4 Å². The van der Waals surface area contributed by atoms with Gasteiger partial charge < -0.3 is 15.0 Å². The van der Waals surface area contributed by atoms with Crippen LogP contribution in [0.15, 0.2) is 0 Å². The Morgan fingerprint density at radius 3 is 2.93 bits per heavy atom. The zero-order chi connectivity index (χ0) is 10.4. The molecule has 1 N–H and O–H groups in total. The highest BCUT2D eigenvalue weighted by atomic mass is 16.5. The van der Waals surface area contributed by atoms with E-state index in [2.05, 4.69) is 24.2 Å². The van der Waals surface area contributed by atoms with Crippen LogP contribution in [0.3, 0.4) is 0 Å². The molecule has 0 aromatic carbocycles. The van der Waals surface area contributed by atoms with Crippen molar-refractivity contribution in [1.82, 2.24) is 10.2 Å². The van der Waals surface area contributed by atoms with E-state index in [4.69, 9.17) is 4.74 Å². The summed E-state index contributed by atoms with van der Waals surface area (Å²) in [5.74, 6) is 0. The van der Waals surface area contributed by atoms with Crippen molar-refractivity contribution in [2.75, 3.05) is 33.9 Å². The Bertz CT molecular complexity index is 152. The number of rotatable bonds is 6. The lowest BCUT2D eigenvalue weighted by molar-refractivity contribution is 0.182. The fraction of sp³-hybridized carbons (Fsp3) is 1.00. The van der Waals surface area contributed by atoms with E-state index in [1.54, 1.807) is 7.11 Å². The molecule has 14 heavy (non-hydrogen) atoms. The van der Waals surface area contributed by atoms with Gasteiger partial charge in [-0.2, -0.15) is 0 Å². The van der Waals surface area contributed by atoms with Crippen LogP contribution in [0, 0.1) is 0 Å². The minimum atomic E-state index is 0.573. The molecule has 2 atom stereocenters. The molecule has 1 rings (SSSR count). The van der Waals surface area contributed by atoms with Crippen molar-refractivity contribution >= 4 is 0 Å². The fourth-order valence-corrected chi connectivity index (χ4v) is 1.97. The first-order valence-corrected chi connectivity index (χ1v) is 5.66. The SMILES string of the molecule is COCCC(C)NCC1CCCN1C.